The zero-order valence-electron chi connectivity index (χ0n) is 14.0. The Balaban J connectivity index is 2.55. The van der Waals surface area contributed by atoms with Gasteiger partial charge in [-0.25, -0.2) is 9.59 Å². The van der Waals surface area contributed by atoms with Gasteiger partial charge in [0.2, 0.25) is 6.08 Å². The van der Waals surface area contributed by atoms with E-state index in [1.54, 1.807) is 6.92 Å². The molecule has 1 N–H and O–H groups in total. The normalized spacial score (nSPS) is 12.8. The molecule has 0 saturated carbocycles. The fourth-order valence-corrected chi connectivity index (χ4v) is 2.83. The van der Waals surface area contributed by atoms with Crippen molar-refractivity contribution in [1.82, 2.24) is 0 Å². The summed E-state index contributed by atoms with van der Waals surface area (Å²) in [4.78, 5) is 37.3. The van der Waals surface area contributed by atoms with E-state index in [0.29, 0.717) is 29.5 Å². The quantitative estimate of drug-likeness (QED) is 0.283. The summed E-state index contributed by atoms with van der Waals surface area (Å²) in [7, 11) is 0. The van der Waals surface area contributed by atoms with Crippen LogP contribution in [-0.4, -0.2) is 23.1 Å². The molecule has 0 unspecified atom stereocenters. The number of nitrogens with zero attached hydrogens (tertiary/aromatic N) is 1. The van der Waals surface area contributed by atoms with Crippen LogP contribution in [0.25, 0.3) is 0 Å². The fourth-order valence-electron chi connectivity index (χ4n) is 2.83. The Morgan fingerprint density at radius 2 is 2.16 bits per heavy atom. The summed E-state index contributed by atoms with van der Waals surface area (Å²) in [6, 6.07) is 0. The van der Waals surface area contributed by atoms with Gasteiger partial charge in [-0.1, -0.05) is 17.6 Å². The van der Waals surface area contributed by atoms with Crippen LogP contribution in [0.5, 0.6) is 0 Å². The number of esters is 1. The Labute approximate surface area is 145 Å². The van der Waals surface area contributed by atoms with E-state index in [2.05, 4.69) is 10.9 Å². The summed E-state index contributed by atoms with van der Waals surface area (Å²) >= 11 is 0. The first-order valence-corrected chi connectivity index (χ1v) is 7.68. The number of terminal acetylenes is 1. The second kappa shape index (κ2) is 7.61. The number of carbonyl (C=O) groups excluding carboxylic acids is 2. The van der Waals surface area contributed by atoms with Crippen LogP contribution in [0, 0.1) is 19.3 Å². The van der Waals surface area contributed by atoms with Gasteiger partial charge in [0.15, 0.2) is 0 Å². The highest BCUT2D eigenvalue weighted by molar-refractivity contribution is 6.01. The molecule has 0 radical (unpaired) electrons. The molecule has 0 aliphatic carbocycles. The first-order chi connectivity index (χ1) is 11.9. The molecular formula is C19H17NO5. The lowest BCUT2D eigenvalue weighted by atomic mass is 9.89. The summed E-state index contributed by atoms with van der Waals surface area (Å²) in [5.74, 6) is 1.19. The van der Waals surface area contributed by atoms with E-state index < -0.39 is 11.9 Å². The van der Waals surface area contributed by atoms with Gasteiger partial charge in [-0.3, -0.25) is 4.79 Å². The number of aliphatic carboxylic acids is 1. The summed E-state index contributed by atoms with van der Waals surface area (Å²) in [5, 5.41) is 8.75. The number of isocyanates is 1. The van der Waals surface area contributed by atoms with Gasteiger partial charge in [0.05, 0.1) is 11.3 Å². The van der Waals surface area contributed by atoms with Crippen molar-refractivity contribution in [2.75, 3.05) is 0 Å². The van der Waals surface area contributed by atoms with E-state index in [4.69, 9.17) is 16.3 Å². The minimum absolute atomic E-state index is 0.0270. The first kappa shape index (κ1) is 18.2. The number of hydrogen-bond acceptors (Lipinski definition) is 5. The molecule has 0 aromatic heterocycles. The number of carboxylic acids is 1. The van der Waals surface area contributed by atoms with E-state index in [-0.39, 0.29) is 24.3 Å². The Hall–Kier alpha value is -3.16. The zero-order chi connectivity index (χ0) is 18.6. The maximum atomic E-state index is 12.0. The average molecular weight is 339 g/mol. The first-order valence-electron chi connectivity index (χ1n) is 7.68. The summed E-state index contributed by atoms with van der Waals surface area (Å²) in [6.45, 7) is 3.72. The second-order valence-corrected chi connectivity index (χ2v) is 5.75. The molecule has 25 heavy (non-hydrogen) atoms. The van der Waals surface area contributed by atoms with Gasteiger partial charge in [0, 0.05) is 17.5 Å². The van der Waals surface area contributed by atoms with Gasteiger partial charge < -0.3 is 9.84 Å². The maximum Gasteiger partial charge on any atom is 0.341 e. The number of ether oxygens (including phenoxy) is 1. The van der Waals surface area contributed by atoms with Crippen molar-refractivity contribution < 1.29 is 24.2 Å². The number of benzene rings is 1. The molecule has 2 rings (SSSR count). The zero-order valence-corrected chi connectivity index (χ0v) is 14.0. The lowest BCUT2D eigenvalue weighted by molar-refractivity contribution is -0.136. The third kappa shape index (κ3) is 3.68. The van der Waals surface area contributed by atoms with Crippen LogP contribution in [0.1, 0.15) is 52.4 Å². The largest absolute Gasteiger partial charge is 0.481 e. The molecule has 1 aliphatic rings. The van der Waals surface area contributed by atoms with Gasteiger partial charge in [-0.2, -0.15) is 4.99 Å². The van der Waals surface area contributed by atoms with Crippen molar-refractivity contribution in [2.24, 2.45) is 4.99 Å². The second-order valence-electron chi connectivity index (χ2n) is 5.75. The SMILES string of the molecule is C#Cc1c(C)c2c(c(N=C=O)c1CC=C(C)CCC(=O)O)C(=O)OC2. The van der Waals surface area contributed by atoms with E-state index in [1.807, 2.05) is 13.0 Å². The number of fused-ring (bicyclic) bond motifs is 1. The maximum absolute atomic E-state index is 12.0. The van der Waals surface area contributed by atoms with Crippen molar-refractivity contribution in [3.05, 3.63) is 39.5 Å². The standard InChI is InChI=1S/C19H17NO5/c1-4-13-12(3)15-9-25-19(24)17(15)18(20-10-21)14(13)7-5-11(2)6-8-16(22)23/h1,5H,6-9H2,2-3H3,(H,22,23). The molecule has 0 atom stereocenters. The number of rotatable bonds is 6. The highest BCUT2D eigenvalue weighted by Crippen LogP contribution is 2.38. The van der Waals surface area contributed by atoms with E-state index >= 15 is 0 Å². The molecule has 1 aromatic rings. The third-order valence-corrected chi connectivity index (χ3v) is 4.20. The highest BCUT2D eigenvalue weighted by Gasteiger charge is 2.31. The van der Waals surface area contributed by atoms with Crippen molar-refractivity contribution in [3.8, 4) is 12.3 Å². The molecule has 128 valence electrons. The molecule has 6 heteroatoms. The van der Waals surface area contributed by atoms with Gasteiger partial charge in [-0.15, -0.1) is 6.42 Å². The number of carbonyl (C=O) groups is 2. The molecule has 0 spiro atoms. The number of allylic oxidation sites excluding steroid dienone is 2. The molecule has 1 aliphatic heterocycles. The third-order valence-electron chi connectivity index (χ3n) is 4.20. The van der Waals surface area contributed by atoms with Crippen LogP contribution in [0.2, 0.25) is 0 Å². The molecule has 0 bridgehead atoms. The molecule has 0 saturated heterocycles. The van der Waals surface area contributed by atoms with Crippen LogP contribution in [0.4, 0.5) is 5.69 Å². The molecule has 0 amide bonds. The summed E-state index contributed by atoms with van der Waals surface area (Å²) in [5.41, 5.74) is 3.83. The molecule has 1 heterocycles. The van der Waals surface area contributed by atoms with E-state index in [9.17, 15) is 14.4 Å². The van der Waals surface area contributed by atoms with Crippen molar-refractivity contribution >= 4 is 23.7 Å². The number of carboxylic acid groups (broad SMARTS) is 1. The predicted octanol–water partition coefficient (Wildman–Crippen LogP) is 2.97. The Bertz CT molecular complexity index is 867. The van der Waals surface area contributed by atoms with Crippen LogP contribution in [0.3, 0.4) is 0 Å². The number of hydrogen-bond donors (Lipinski definition) is 1. The highest BCUT2D eigenvalue weighted by atomic mass is 16.5. The monoisotopic (exact) mass is 339 g/mol. The lowest BCUT2D eigenvalue weighted by Crippen LogP contribution is -2.03. The average Bonchev–Trinajstić information content (AvgIpc) is 2.96. The van der Waals surface area contributed by atoms with Crippen LogP contribution in [0.15, 0.2) is 16.6 Å². The van der Waals surface area contributed by atoms with Crippen molar-refractivity contribution in [3.63, 3.8) is 0 Å². The smallest absolute Gasteiger partial charge is 0.341 e. The van der Waals surface area contributed by atoms with Gasteiger partial charge >= 0.3 is 11.9 Å². The number of cyclic esters (lactones) is 1. The van der Waals surface area contributed by atoms with Gasteiger partial charge in [0.25, 0.3) is 0 Å². The van der Waals surface area contributed by atoms with E-state index in [0.717, 1.165) is 11.1 Å². The lowest BCUT2D eigenvalue weighted by Gasteiger charge is -2.13. The molecular weight excluding hydrogens is 322 g/mol. The van der Waals surface area contributed by atoms with E-state index in [1.165, 1.54) is 6.08 Å². The van der Waals surface area contributed by atoms with Crippen molar-refractivity contribution in [2.45, 2.75) is 39.7 Å². The van der Waals surface area contributed by atoms with Gasteiger partial charge in [0.1, 0.15) is 6.61 Å². The predicted molar refractivity (Wildman–Crippen MR) is 90.3 cm³/mol. The fraction of sp³-hybridized carbons (Fsp3) is 0.316. The minimum atomic E-state index is -0.876. The van der Waals surface area contributed by atoms with Gasteiger partial charge in [-0.05, 0) is 37.8 Å². The number of aliphatic imine (C=N–C) groups is 1. The summed E-state index contributed by atoms with van der Waals surface area (Å²) in [6.07, 6.45) is 9.69. The van der Waals surface area contributed by atoms with Crippen LogP contribution >= 0.6 is 0 Å². The molecule has 6 nitrogen and oxygen atoms in total. The summed E-state index contributed by atoms with van der Waals surface area (Å²) < 4.78 is 5.06. The molecule has 1 aromatic carbocycles. The topological polar surface area (TPSA) is 93.0 Å². The van der Waals surface area contributed by atoms with Crippen LogP contribution in [-0.2, 0) is 27.4 Å². The Morgan fingerprint density at radius 3 is 2.76 bits per heavy atom. The molecule has 0 fully saturated rings. The minimum Gasteiger partial charge on any atom is -0.481 e. The Kier molecular flexibility index (Phi) is 5.53. The van der Waals surface area contributed by atoms with Crippen molar-refractivity contribution in [1.29, 1.82) is 0 Å². The van der Waals surface area contributed by atoms with Crippen LogP contribution < -0.4 is 0 Å². The Morgan fingerprint density at radius 1 is 1.44 bits per heavy atom.